The maximum Gasteiger partial charge on any atom is 0.191 e. The second kappa shape index (κ2) is 6.76. The Balaban J connectivity index is 1.42. The second-order valence-electron chi connectivity index (χ2n) is 5.45. The number of hydrogen-bond donors (Lipinski definition) is 2. The number of thiophene rings is 1. The summed E-state index contributed by atoms with van der Waals surface area (Å²) in [4.78, 5) is 4.28. The zero-order valence-electron chi connectivity index (χ0n) is 12.3. The molecule has 4 heteroatoms. The van der Waals surface area contributed by atoms with Gasteiger partial charge in [0.2, 0.25) is 0 Å². The summed E-state index contributed by atoms with van der Waals surface area (Å²) in [6, 6.07) is 12.9. The van der Waals surface area contributed by atoms with E-state index in [1.165, 1.54) is 17.5 Å². The third kappa shape index (κ3) is 3.85. The van der Waals surface area contributed by atoms with Crippen LogP contribution in [0.25, 0.3) is 0 Å². The molecule has 1 aromatic carbocycles. The molecule has 3 rings (SSSR count). The summed E-state index contributed by atoms with van der Waals surface area (Å²) in [5, 5.41) is 11.0. The van der Waals surface area contributed by atoms with E-state index >= 15 is 0 Å². The summed E-state index contributed by atoms with van der Waals surface area (Å²) in [6.07, 6.45) is 1.28. The average Bonchev–Trinajstić information content (AvgIpc) is 3.12. The van der Waals surface area contributed by atoms with Crippen LogP contribution in [-0.4, -0.2) is 19.6 Å². The Kier molecular flexibility index (Phi) is 4.55. The van der Waals surface area contributed by atoms with Gasteiger partial charge in [-0.25, -0.2) is 0 Å². The first-order valence-electron chi connectivity index (χ1n) is 7.37. The highest BCUT2D eigenvalue weighted by atomic mass is 32.1. The average molecular weight is 299 g/mol. The lowest BCUT2D eigenvalue weighted by Gasteiger charge is -2.11. The van der Waals surface area contributed by atoms with Crippen LogP contribution in [0.1, 0.15) is 23.5 Å². The molecule has 2 aromatic rings. The van der Waals surface area contributed by atoms with Gasteiger partial charge in [-0.05, 0) is 46.2 Å². The van der Waals surface area contributed by atoms with Crippen LogP contribution in [0.3, 0.4) is 0 Å². The Morgan fingerprint density at radius 3 is 2.81 bits per heavy atom. The van der Waals surface area contributed by atoms with Crippen LogP contribution in [0.5, 0.6) is 0 Å². The molecule has 2 unspecified atom stereocenters. The topological polar surface area (TPSA) is 36.4 Å². The van der Waals surface area contributed by atoms with Gasteiger partial charge < -0.3 is 10.6 Å². The van der Waals surface area contributed by atoms with Crippen LogP contribution < -0.4 is 10.6 Å². The largest absolute Gasteiger partial charge is 0.356 e. The number of guanidine groups is 1. The van der Waals surface area contributed by atoms with E-state index in [9.17, 15) is 0 Å². The summed E-state index contributed by atoms with van der Waals surface area (Å²) in [6.45, 7) is 1.82. The molecule has 1 aromatic heterocycles. The van der Waals surface area contributed by atoms with E-state index in [0.29, 0.717) is 5.92 Å². The van der Waals surface area contributed by atoms with Crippen LogP contribution in [0.4, 0.5) is 0 Å². The van der Waals surface area contributed by atoms with Crippen LogP contribution in [-0.2, 0) is 6.54 Å². The molecule has 1 saturated carbocycles. The zero-order chi connectivity index (χ0) is 14.5. The number of rotatable bonds is 5. The predicted molar refractivity (Wildman–Crippen MR) is 89.8 cm³/mol. The molecule has 0 aliphatic heterocycles. The van der Waals surface area contributed by atoms with Gasteiger partial charge in [0.1, 0.15) is 0 Å². The van der Waals surface area contributed by atoms with Crippen LogP contribution in [0.15, 0.2) is 52.2 Å². The smallest absolute Gasteiger partial charge is 0.191 e. The van der Waals surface area contributed by atoms with E-state index in [1.54, 1.807) is 11.3 Å². The van der Waals surface area contributed by atoms with Crippen molar-refractivity contribution in [2.75, 3.05) is 13.6 Å². The van der Waals surface area contributed by atoms with E-state index in [1.807, 2.05) is 7.05 Å². The Hall–Kier alpha value is -1.81. The summed E-state index contributed by atoms with van der Waals surface area (Å²) in [5.41, 5.74) is 2.77. The third-order valence-corrected chi connectivity index (χ3v) is 4.68. The predicted octanol–water partition coefficient (Wildman–Crippen LogP) is 3.22. The summed E-state index contributed by atoms with van der Waals surface area (Å²) in [5.74, 6) is 2.33. The quantitative estimate of drug-likeness (QED) is 0.657. The van der Waals surface area contributed by atoms with Gasteiger partial charge >= 0.3 is 0 Å². The van der Waals surface area contributed by atoms with Gasteiger partial charge in [0, 0.05) is 20.1 Å². The normalized spacial score (nSPS) is 21.1. The third-order valence-electron chi connectivity index (χ3n) is 3.95. The SMILES string of the molecule is CN=C(NCc1ccsc1)NCC1CC1c1ccccc1. The van der Waals surface area contributed by atoms with Crippen molar-refractivity contribution < 1.29 is 0 Å². The summed E-state index contributed by atoms with van der Waals surface area (Å²) >= 11 is 1.72. The minimum Gasteiger partial charge on any atom is -0.356 e. The fourth-order valence-electron chi connectivity index (χ4n) is 2.61. The summed E-state index contributed by atoms with van der Waals surface area (Å²) in [7, 11) is 1.82. The molecule has 0 bridgehead atoms. The van der Waals surface area contributed by atoms with Crippen molar-refractivity contribution in [2.45, 2.75) is 18.9 Å². The lowest BCUT2D eigenvalue weighted by Crippen LogP contribution is -2.37. The minimum absolute atomic E-state index is 0.716. The molecule has 2 N–H and O–H groups in total. The molecule has 0 saturated heterocycles. The van der Waals surface area contributed by atoms with Crippen molar-refractivity contribution in [2.24, 2.45) is 10.9 Å². The number of nitrogens with one attached hydrogen (secondary N) is 2. The molecule has 21 heavy (non-hydrogen) atoms. The maximum absolute atomic E-state index is 4.28. The second-order valence-corrected chi connectivity index (χ2v) is 6.23. The first-order valence-corrected chi connectivity index (χ1v) is 8.31. The van der Waals surface area contributed by atoms with Crippen molar-refractivity contribution >= 4 is 17.3 Å². The molecule has 1 aliphatic rings. The van der Waals surface area contributed by atoms with Gasteiger partial charge in [0.05, 0.1) is 0 Å². The number of hydrogen-bond acceptors (Lipinski definition) is 2. The molecule has 0 amide bonds. The molecule has 0 spiro atoms. The van der Waals surface area contributed by atoms with Gasteiger partial charge in [-0.3, -0.25) is 4.99 Å². The van der Waals surface area contributed by atoms with Crippen LogP contribution in [0, 0.1) is 5.92 Å². The van der Waals surface area contributed by atoms with Crippen molar-refractivity contribution in [3.63, 3.8) is 0 Å². The Morgan fingerprint density at radius 1 is 1.24 bits per heavy atom. The van der Waals surface area contributed by atoms with E-state index in [0.717, 1.165) is 25.0 Å². The maximum atomic E-state index is 4.28. The Morgan fingerprint density at radius 2 is 2.10 bits per heavy atom. The fourth-order valence-corrected chi connectivity index (χ4v) is 3.28. The first-order chi connectivity index (χ1) is 10.4. The molecule has 3 nitrogen and oxygen atoms in total. The highest BCUT2D eigenvalue weighted by molar-refractivity contribution is 7.07. The van der Waals surface area contributed by atoms with Gasteiger partial charge in [0.15, 0.2) is 5.96 Å². The minimum atomic E-state index is 0.716. The lowest BCUT2D eigenvalue weighted by atomic mass is 10.1. The number of benzene rings is 1. The van der Waals surface area contributed by atoms with Crippen molar-refractivity contribution in [1.82, 2.24) is 10.6 Å². The monoisotopic (exact) mass is 299 g/mol. The van der Waals surface area contributed by atoms with Crippen molar-refractivity contribution in [3.8, 4) is 0 Å². The van der Waals surface area contributed by atoms with Crippen LogP contribution >= 0.6 is 11.3 Å². The molecule has 2 atom stereocenters. The molecular weight excluding hydrogens is 278 g/mol. The highest BCUT2D eigenvalue weighted by Crippen LogP contribution is 2.46. The number of aliphatic imine (C=N–C) groups is 1. The van der Waals surface area contributed by atoms with Crippen molar-refractivity contribution in [1.29, 1.82) is 0 Å². The molecule has 1 fully saturated rings. The van der Waals surface area contributed by atoms with Crippen LogP contribution in [0.2, 0.25) is 0 Å². The first kappa shape index (κ1) is 14.1. The standard InChI is InChI=1S/C17H21N3S/c1-18-17(19-10-13-7-8-21-12-13)20-11-15-9-16(15)14-5-3-2-4-6-14/h2-8,12,15-16H,9-11H2,1H3,(H2,18,19,20). The molecule has 0 radical (unpaired) electrons. The molecule has 1 aliphatic carbocycles. The lowest BCUT2D eigenvalue weighted by molar-refractivity contribution is 0.719. The summed E-state index contributed by atoms with van der Waals surface area (Å²) < 4.78 is 0. The van der Waals surface area contributed by atoms with Gasteiger partial charge in [-0.1, -0.05) is 30.3 Å². The van der Waals surface area contributed by atoms with E-state index in [4.69, 9.17) is 0 Å². The number of nitrogens with zero attached hydrogens (tertiary/aromatic N) is 1. The fraction of sp³-hybridized carbons (Fsp3) is 0.353. The Bertz CT molecular complexity index is 577. The highest BCUT2D eigenvalue weighted by Gasteiger charge is 2.37. The van der Waals surface area contributed by atoms with Crippen molar-refractivity contribution in [3.05, 3.63) is 58.3 Å². The molecular formula is C17H21N3S. The molecule has 110 valence electrons. The zero-order valence-corrected chi connectivity index (χ0v) is 13.1. The van der Waals surface area contributed by atoms with Gasteiger partial charge in [-0.2, -0.15) is 11.3 Å². The van der Waals surface area contributed by atoms with Gasteiger partial charge in [0.25, 0.3) is 0 Å². The van der Waals surface area contributed by atoms with E-state index in [2.05, 4.69) is 62.8 Å². The van der Waals surface area contributed by atoms with E-state index in [-0.39, 0.29) is 0 Å². The van der Waals surface area contributed by atoms with Gasteiger partial charge in [-0.15, -0.1) is 0 Å². The molecule has 1 heterocycles. The Labute approximate surface area is 130 Å². The van der Waals surface area contributed by atoms with E-state index < -0.39 is 0 Å².